The Hall–Kier alpha value is -1.38. The molecule has 3 nitrogen and oxygen atoms in total. The Balaban J connectivity index is 2.72. The second-order valence-electron chi connectivity index (χ2n) is 2.41. The highest BCUT2D eigenvalue weighted by Gasteiger charge is 2.15. The van der Waals surface area contributed by atoms with Gasteiger partial charge in [0.15, 0.2) is 0 Å². The summed E-state index contributed by atoms with van der Waals surface area (Å²) in [4.78, 5) is 11.1. The van der Waals surface area contributed by atoms with E-state index in [1.807, 2.05) is 6.08 Å². The normalized spacial score (nSPS) is 15.8. The molecular formula is C9H11NO2. The third-order valence-electron chi connectivity index (χ3n) is 1.54. The van der Waals surface area contributed by atoms with Crippen molar-refractivity contribution in [2.45, 2.75) is 13.3 Å². The van der Waals surface area contributed by atoms with Crippen molar-refractivity contribution in [1.82, 2.24) is 0 Å². The lowest BCUT2D eigenvalue weighted by atomic mass is 10.0. The van der Waals surface area contributed by atoms with Crippen molar-refractivity contribution in [1.29, 1.82) is 5.41 Å². The summed E-state index contributed by atoms with van der Waals surface area (Å²) in [5, 5.41) is 7.43. The van der Waals surface area contributed by atoms with Crippen LogP contribution in [0.3, 0.4) is 0 Å². The number of rotatable bonds is 2. The average molecular weight is 165 g/mol. The SMILES string of the molecule is CCOC(=O)C1=CC=CCC1=N. The molecule has 0 heterocycles. The monoisotopic (exact) mass is 165 g/mol. The summed E-state index contributed by atoms with van der Waals surface area (Å²) in [6.45, 7) is 2.11. The molecule has 0 amide bonds. The Morgan fingerprint density at radius 3 is 3.08 bits per heavy atom. The summed E-state index contributed by atoms with van der Waals surface area (Å²) in [5.74, 6) is -0.396. The van der Waals surface area contributed by atoms with Gasteiger partial charge < -0.3 is 10.1 Å². The Morgan fingerprint density at radius 1 is 1.75 bits per heavy atom. The molecule has 0 atom stereocenters. The predicted octanol–water partition coefficient (Wildman–Crippen LogP) is 1.46. The van der Waals surface area contributed by atoms with Crippen molar-refractivity contribution < 1.29 is 9.53 Å². The van der Waals surface area contributed by atoms with Crippen LogP contribution in [0.1, 0.15) is 13.3 Å². The van der Waals surface area contributed by atoms with Crippen LogP contribution >= 0.6 is 0 Å². The van der Waals surface area contributed by atoms with Crippen molar-refractivity contribution in [3.63, 3.8) is 0 Å². The van der Waals surface area contributed by atoms with E-state index >= 15 is 0 Å². The highest BCUT2D eigenvalue weighted by molar-refractivity contribution is 6.19. The maximum atomic E-state index is 11.1. The van der Waals surface area contributed by atoms with E-state index in [1.165, 1.54) is 0 Å². The average Bonchev–Trinajstić information content (AvgIpc) is 2.05. The van der Waals surface area contributed by atoms with E-state index in [0.717, 1.165) is 0 Å². The van der Waals surface area contributed by atoms with Crippen LogP contribution in [0, 0.1) is 5.41 Å². The molecule has 0 aromatic rings. The lowest BCUT2D eigenvalue weighted by molar-refractivity contribution is -0.137. The first-order valence-corrected chi connectivity index (χ1v) is 3.87. The number of nitrogens with one attached hydrogen (secondary N) is 1. The van der Waals surface area contributed by atoms with Gasteiger partial charge in [-0.1, -0.05) is 12.2 Å². The van der Waals surface area contributed by atoms with Gasteiger partial charge in [-0.15, -0.1) is 0 Å². The molecule has 0 fully saturated rings. The summed E-state index contributed by atoms with van der Waals surface area (Å²) < 4.78 is 4.77. The Labute approximate surface area is 71.2 Å². The van der Waals surface area contributed by atoms with Crippen LogP contribution in [0.2, 0.25) is 0 Å². The first kappa shape index (κ1) is 8.71. The van der Waals surface area contributed by atoms with Crippen molar-refractivity contribution in [2.24, 2.45) is 0 Å². The zero-order valence-electron chi connectivity index (χ0n) is 6.96. The minimum absolute atomic E-state index is 0.330. The standard InChI is InChI=1S/C9H11NO2/c1-2-12-9(11)7-5-3-4-6-8(7)10/h3-5,10H,2,6H2,1H3. The van der Waals surface area contributed by atoms with E-state index in [2.05, 4.69) is 0 Å². The van der Waals surface area contributed by atoms with E-state index in [1.54, 1.807) is 19.1 Å². The van der Waals surface area contributed by atoms with Crippen LogP contribution in [0.5, 0.6) is 0 Å². The second-order valence-corrected chi connectivity index (χ2v) is 2.41. The molecule has 0 aromatic carbocycles. The smallest absolute Gasteiger partial charge is 0.339 e. The van der Waals surface area contributed by atoms with Gasteiger partial charge in [0.2, 0.25) is 0 Å². The third kappa shape index (κ3) is 1.81. The molecule has 0 saturated carbocycles. The first-order chi connectivity index (χ1) is 5.75. The number of ether oxygens (including phenoxy) is 1. The summed E-state index contributed by atoms with van der Waals surface area (Å²) in [5.41, 5.74) is 0.704. The fourth-order valence-corrected chi connectivity index (χ4v) is 0.961. The van der Waals surface area contributed by atoms with Gasteiger partial charge in [-0.3, -0.25) is 0 Å². The molecule has 64 valence electrons. The van der Waals surface area contributed by atoms with E-state index < -0.39 is 5.97 Å². The highest BCUT2D eigenvalue weighted by Crippen LogP contribution is 2.09. The lowest BCUT2D eigenvalue weighted by Gasteiger charge is -2.08. The summed E-state index contributed by atoms with van der Waals surface area (Å²) in [6, 6.07) is 0. The molecule has 12 heavy (non-hydrogen) atoms. The largest absolute Gasteiger partial charge is 0.462 e. The van der Waals surface area contributed by atoms with Gasteiger partial charge in [-0.25, -0.2) is 4.79 Å². The molecule has 1 N–H and O–H groups in total. The van der Waals surface area contributed by atoms with E-state index in [4.69, 9.17) is 10.1 Å². The van der Waals surface area contributed by atoms with E-state index in [0.29, 0.717) is 24.3 Å². The zero-order chi connectivity index (χ0) is 8.97. The number of hydrogen-bond donors (Lipinski definition) is 1. The van der Waals surface area contributed by atoms with Crippen LogP contribution in [0.15, 0.2) is 23.8 Å². The Bertz CT molecular complexity index is 264. The fourth-order valence-electron chi connectivity index (χ4n) is 0.961. The topological polar surface area (TPSA) is 50.2 Å². The maximum Gasteiger partial charge on any atom is 0.339 e. The summed E-state index contributed by atoms with van der Waals surface area (Å²) in [7, 11) is 0. The number of carbonyl (C=O) groups excluding carboxylic acids is 1. The van der Waals surface area contributed by atoms with Gasteiger partial charge in [0.05, 0.1) is 12.2 Å². The van der Waals surface area contributed by atoms with Gasteiger partial charge in [0.1, 0.15) is 0 Å². The molecule has 0 radical (unpaired) electrons. The molecule has 0 bridgehead atoms. The zero-order valence-corrected chi connectivity index (χ0v) is 6.96. The Kier molecular flexibility index (Phi) is 2.80. The number of allylic oxidation sites excluding steroid dienone is 3. The third-order valence-corrected chi connectivity index (χ3v) is 1.54. The van der Waals surface area contributed by atoms with Gasteiger partial charge in [0, 0.05) is 12.1 Å². The fraction of sp³-hybridized carbons (Fsp3) is 0.333. The quantitative estimate of drug-likeness (QED) is 0.629. The predicted molar refractivity (Wildman–Crippen MR) is 46.2 cm³/mol. The first-order valence-electron chi connectivity index (χ1n) is 3.87. The van der Waals surface area contributed by atoms with Crippen molar-refractivity contribution in [2.75, 3.05) is 6.61 Å². The minimum Gasteiger partial charge on any atom is -0.462 e. The molecule has 0 aromatic heterocycles. The van der Waals surface area contributed by atoms with Crippen LogP contribution < -0.4 is 0 Å². The minimum atomic E-state index is -0.396. The van der Waals surface area contributed by atoms with Crippen LogP contribution in [0.4, 0.5) is 0 Å². The summed E-state index contributed by atoms with van der Waals surface area (Å²) in [6.07, 6.45) is 5.74. The van der Waals surface area contributed by atoms with Gasteiger partial charge in [-0.2, -0.15) is 0 Å². The van der Waals surface area contributed by atoms with Gasteiger partial charge in [0.25, 0.3) is 0 Å². The van der Waals surface area contributed by atoms with Crippen molar-refractivity contribution in [3.8, 4) is 0 Å². The number of hydrogen-bond acceptors (Lipinski definition) is 3. The maximum absolute atomic E-state index is 11.1. The molecule has 1 aliphatic carbocycles. The molecule has 3 heteroatoms. The van der Waals surface area contributed by atoms with E-state index in [-0.39, 0.29) is 0 Å². The number of esters is 1. The van der Waals surface area contributed by atoms with Crippen LogP contribution in [-0.2, 0) is 9.53 Å². The van der Waals surface area contributed by atoms with Crippen LogP contribution in [-0.4, -0.2) is 18.3 Å². The highest BCUT2D eigenvalue weighted by atomic mass is 16.5. The van der Waals surface area contributed by atoms with Gasteiger partial charge in [-0.05, 0) is 13.0 Å². The number of carbonyl (C=O) groups is 1. The lowest BCUT2D eigenvalue weighted by Crippen LogP contribution is -2.16. The Morgan fingerprint density at radius 2 is 2.50 bits per heavy atom. The molecule has 0 saturated heterocycles. The second kappa shape index (κ2) is 3.85. The molecule has 1 aliphatic rings. The van der Waals surface area contributed by atoms with Crippen molar-refractivity contribution in [3.05, 3.63) is 23.8 Å². The molecule has 0 unspecified atom stereocenters. The molecule has 0 spiro atoms. The van der Waals surface area contributed by atoms with Crippen LogP contribution in [0.25, 0.3) is 0 Å². The van der Waals surface area contributed by atoms with Gasteiger partial charge >= 0.3 is 5.97 Å². The van der Waals surface area contributed by atoms with E-state index in [9.17, 15) is 4.79 Å². The summed E-state index contributed by atoms with van der Waals surface area (Å²) >= 11 is 0. The van der Waals surface area contributed by atoms with Crippen molar-refractivity contribution >= 4 is 11.7 Å². The molecule has 0 aliphatic heterocycles. The molecule has 1 rings (SSSR count). The molecular weight excluding hydrogens is 154 g/mol.